The van der Waals surface area contributed by atoms with Crippen molar-refractivity contribution < 1.29 is 9.90 Å². The Kier molecular flexibility index (Phi) is 4.50. The number of para-hydroxylation sites is 1. The van der Waals surface area contributed by atoms with E-state index in [1.165, 1.54) is 0 Å². The number of carboxylic acid groups (broad SMARTS) is 1. The summed E-state index contributed by atoms with van der Waals surface area (Å²) < 4.78 is 0. The van der Waals surface area contributed by atoms with Crippen LogP contribution in [0.5, 0.6) is 0 Å². The van der Waals surface area contributed by atoms with Crippen molar-refractivity contribution in [1.29, 1.82) is 0 Å². The molecular formula is C15H19N3O2. The molecule has 5 nitrogen and oxygen atoms in total. The van der Waals surface area contributed by atoms with E-state index >= 15 is 0 Å². The Bertz CT molecular complexity index is 609. The molecule has 0 aliphatic rings. The summed E-state index contributed by atoms with van der Waals surface area (Å²) in [6.45, 7) is 5.08. The summed E-state index contributed by atoms with van der Waals surface area (Å²) in [6.07, 6.45) is 2.16. The second kappa shape index (κ2) is 6.32. The molecule has 0 spiro atoms. The number of fused-ring (bicyclic) bond motifs is 1. The third kappa shape index (κ3) is 3.04. The normalized spacial score (nSPS) is 10.9. The number of hydrogen-bond donors (Lipinski definition) is 2. The van der Waals surface area contributed by atoms with Gasteiger partial charge >= 0.3 is 5.97 Å². The molecule has 0 unspecified atom stereocenters. The van der Waals surface area contributed by atoms with Gasteiger partial charge in [-0.05, 0) is 18.1 Å². The predicted molar refractivity (Wildman–Crippen MR) is 79.1 cm³/mol. The maximum Gasteiger partial charge on any atom is 0.374 e. The molecule has 1 aromatic heterocycles. The van der Waals surface area contributed by atoms with Gasteiger partial charge in [0.2, 0.25) is 5.82 Å². The van der Waals surface area contributed by atoms with Crippen LogP contribution in [0.15, 0.2) is 24.3 Å². The minimum Gasteiger partial charge on any atom is -0.475 e. The molecule has 0 amide bonds. The first-order valence-corrected chi connectivity index (χ1v) is 6.89. The topological polar surface area (TPSA) is 75.1 Å². The van der Waals surface area contributed by atoms with Crippen molar-refractivity contribution in [1.82, 2.24) is 9.97 Å². The van der Waals surface area contributed by atoms with E-state index in [0.717, 1.165) is 24.8 Å². The fraction of sp³-hybridized carbons (Fsp3) is 0.400. The lowest BCUT2D eigenvalue weighted by Gasteiger charge is -2.15. The maximum absolute atomic E-state index is 11.1. The van der Waals surface area contributed by atoms with Crippen molar-refractivity contribution in [2.75, 3.05) is 11.9 Å². The zero-order chi connectivity index (χ0) is 14.5. The first-order valence-electron chi connectivity index (χ1n) is 6.89. The van der Waals surface area contributed by atoms with Crippen molar-refractivity contribution in [2.24, 2.45) is 5.92 Å². The molecule has 2 N–H and O–H groups in total. The largest absolute Gasteiger partial charge is 0.475 e. The standard InChI is InChI=1S/C15H19N3O2/c1-3-10(4-2)9-16-13-11-7-5-6-8-12(11)17-14(18-13)15(19)20/h5-8,10H,3-4,9H2,1-2H3,(H,19,20)(H,16,17,18). The molecule has 2 rings (SSSR count). The van der Waals surface area contributed by atoms with E-state index in [4.69, 9.17) is 5.11 Å². The van der Waals surface area contributed by atoms with Crippen LogP contribution in [0.25, 0.3) is 10.9 Å². The number of aromatic carboxylic acids is 1. The lowest BCUT2D eigenvalue weighted by atomic mass is 10.0. The van der Waals surface area contributed by atoms with E-state index in [-0.39, 0.29) is 5.82 Å². The number of carbonyl (C=O) groups is 1. The highest BCUT2D eigenvalue weighted by Gasteiger charge is 2.13. The van der Waals surface area contributed by atoms with Crippen LogP contribution in [0.4, 0.5) is 5.82 Å². The zero-order valence-electron chi connectivity index (χ0n) is 11.8. The highest BCUT2D eigenvalue weighted by Crippen LogP contribution is 2.21. The number of aromatic nitrogens is 2. The second-order valence-electron chi connectivity index (χ2n) is 4.78. The van der Waals surface area contributed by atoms with E-state index in [9.17, 15) is 4.79 Å². The van der Waals surface area contributed by atoms with Crippen LogP contribution in [-0.2, 0) is 0 Å². The Morgan fingerprint density at radius 3 is 2.60 bits per heavy atom. The Labute approximate surface area is 118 Å². The molecule has 0 aliphatic carbocycles. The molecule has 20 heavy (non-hydrogen) atoms. The van der Waals surface area contributed by atoms with E-state index in [1.54, 1.807) is 6.07 Å². The Balaban J connectivity index is 2.37. The van der Waals surface area contributed by atoms with Crippen LogP contribution >= 0.6 is 0 Å². The SMILES string of the molecule is CCC(CC)CNc1nc(C(=O)O)nc2ccccc12. The molecule has 1 aromatic carbocycles. The van der Waals surface area contributed by atoms with Gasteiger partial charge in [-0.2, -0.15) is 0 Å². The highest BCUT2D eigenvalue weighted by atomic mass is 16.4. The average Bonchev–Trinajstić information content (AvgIpc) is 2.47. The summed E-state index contributed by atoms with van der Waals surface area (Å²) in [5.74, 6) is -0.131. The summed E-state index contributed by atoms with van der Waals surface area (Å²) in [4.78, 5) is 19.3. The van der Waals surface area contributed by atoms with Gasteiger partial charge in [0.25, 0.3) is 0 Å². The predicted octanol–water partition coefficient (Wildman–Crippen LogP) is 3.18. The van der Waals surface area contributed by atoms with Crippen LogP contribution in [0.1, 0.15) is 37.3 Å². The lowest BCUT2D eigenvalue weighted by Crippen LogP contribution is -2.15. The van der Waals surface area contributed by atoms with Gasteiger partial charge < -0.3 is 10.4 Å². The molecule has 0 saturated heterocycles. The molecule has 0 saturated carbocycles. The van der Waals surface area contributed by atoms with E-state index in [0.29, 0.717) is 17.3 Å². The van der Waals surface area contributed by atoms with Crippen LogP contribution < -0.4 is 5.32 Å². The van der Waals surface area contributed by atoms with Crippen LogP contribution in [-0.4, -0.2) is 27.6 Å². The maximum atomic E-state index is 11.1. The van der Waals surface area contributed by atoms with Gasteiger partial charge in [0.05, 0.1) is 5.52 Å². The van der Waals surface area contributed by atoms with Crippen LogP contribution in [0.3, 0.4) is 0 Å². The van der Waals surface area contributed by atoms with Crippen LogP contribution in [0, 0.1) is 5.92 Å². The Morgan fingerprint density at radius 1 is 1.25 bits per heavy atom. The number of rotatable bonds is 6. The Morgan fingerprint density at radius 2 is 1.95 bits per heavy atom. The quantitative estimate of drug-likeness (QED) is 0.845. The summed E-state index contributed by atoms with van der Waals surface area (Å²) in [6, 6.07) is 7.43. The first kappa shape index (κ1) is 14.2. The number of nitrogens with zero attached hydrogens (tertiary/aromatic N) is 2. The van der Waals surface area contributed by atoms with Gasteiger partial charge in [0.15, 0.2) is 0 Å². The number of hydrogen-bond acceptors (Lipinski definition) is 4. The fourth-order valence-corrected chi connectivity index (χ4v) is 2.13. The number of nitrogens with one attached hydrogen (secondary N) is 1. The molecule has 0 aliphatic heterocycles. The number of anilines is 1. The van der Waals surface area contributed by atoms with E-state index in [1.807, 2.05) is 18.2 Å². The summed E-state index contributed by atoms with van der Waals surface area (Å²) in [5, 5.41) is 13.2. The van der Waals surface area contributed by atoms with Crippen molar-refractivity contribution in [3.05, 3.63) is 30.1 Å². The van der Waals surface area contributed by atoms with Gasteiger partial charge in [-0.1, -0.05) is 38.8 Å². The van der Waals surface area contributed by atoms with Crippen molar-refractivity contribution in [2.45, 2.75) is 26.7 Å². The third-order valence-electron chi connectivity index (χ3n) is 3.51. The smallest absolute Gasteiger partial charge is 0.374 e. The molecule has 0 radical (unpaired) electrons. The average molecular weight is 273 g/mol. The summed E-state index contributed by atoms with van der Waals surface area (Å²) in [7, 11) is 0. The molecular weight excluding hydrogens is 254 g/mol. The molecule has 1 heterocycles. The molecule has 0 fully saturated rings. The third-order valence-corrected chi connectivity index (χ3v) is 3.51. The van der Waals surface area contributed by atoms with Gasteiger partial charge in [-0.3, -0.25) is 0 Å². The monoisotopic (exact) mass is 273 g/mol. The van der Waals surface area contributed by atoms with Crippen molar-refractivity contribution in [3.63, 3.8) is 0 Å². The second-order valence-corrected chi connectivity index (χ2v) is 4.78. The molecule has 2 aromatic rings. The molecule has 0 bridgehead atoms. The summed E-state index contributed by atoms with van der Waals surface area (Å²) in [5.41, 5.74) is 0.645. The van der Waals surface area contributed by atoms with Gasteiger partial charge in [0, 0.05) is 11.9 Å². The number of benzene rings is 1. The summed E-state index contributed by atoms with van der Waals surface area (Å²) >= 11 is 0. The van der Waals surface area contributed by atoms with E-state index in [2.05, 4.69) is 29.1 Å². The Hall–Kier alpha value is -2.17. The van der Waals surface area contributed by atoms with Gasteiger partial charge in [-0.15, -0.1) is 0 Å². The minimum absolute atomic E-state index is 0.171. The number of carboxylic acids is 1. The van der Waals surface area contributed by atoms with E-state index < -0.39 is 5.97 Å². The highest BCUT2D eigenvalue weighted by molar-refractivity contribution is 5.93. The molecule has 5 heteroatoms. The van der Waals surface area contributed by atoms with Crippen LogP contribution in [0.2, 0.25) is 0 Å². The van der Waals surface area contributed by atoms with Gasteiger partial charge in [0.1, 0.15) is 5.82 Å². The van der Waals surface area contributed by atoms with Gasteiger partial charge in [-0.25, -0.2) is 14.8 Å². The zero-order valence-corrected chi connectivity index (χ0v) is 11.8. The fourth-order valence-electron chi connectivity index (χ4n) is 2.13. The molecule has 0 atom stereocenters. The first-order chi connectivity index (χ1) is 9.65. The van der Waals surface area contributed by atoms with Crippen molar-refractivity contribution in [3.8, 4) is 0 Å². The lowest BCUT2D eigenvalue weighted by molar-refractivity contribution is 0.0684. The minimum atomic E-state index is -1.11. The van der Waals surface area contributed by atoms with Crippen molar-refractivity contribution >= 4 is 22.7 Å². The molecule has 106 valence electrons.